The number of hydrogen-bond acceptors (Lipinski definition) is 4. The fraction of sp³-hybridized carbons (Fsp3) is 0.462. The monoisotopic (exact) mass is 315 g/mol. The minimum Gasteiger partial charge on any atom is -0.398 e. The number of hydrogen-bond donors (Lipinski definition) is 3. The Labute approximate surface area is 123 Å². The summed E-state index contributed by atoms with van der Waals surface area (Å²) in [6.45, 7) is 2.98. The molecule has 1 fully saturated rings. The molecule has 0 radical (unpaired) electrons. The maximum absolute atomic E-state index is 13.8. The zero-order chi connectivity index (χ0) is 15.8. The van der Waals surface area contributed by atoms with Crippen LogP contribution in [0.15, 0.2) is 17.0 Å². The van der Waals surface area contributed by atoms with Crippen LogP contribution in [0.4, 0.5) is 10.1 Å². The van der Waals surface area contributed by atoms with Gasteiger partial charge in [-0.3, -0.25) is 4.79 Å². The van der Waals surface area contributed by atoms with Crippen molar-refractivity contribution in [2.75, 3.05) is 5.73 Å². The number of nitrogens with two attached hydrogens (primary N) is 1. The van der Waals surface area contributed by atoms with Crippen molar-refractivity contribution in [3.63, 3.8) is 0 Å². The number of rotatable bonds is 5. The van der Waals surface area contributed by atoms with E-state index < -0.39 is 32.7 Å². The van der Waals surface area contributed by atoms with Gasteiger partial charge >= 0.3 is 0 Å². The maximum atomic E-state index is 13.8. The predicted molar refractivity (Wildman–Crippen MR) is 76.5 cm³/mol. The van der Waals surface area contributed by atoms with Crippen LogP contribution in [0.3, 0.4) is 0 Å². The highest BCUT2D eigenvalue weighted by Gasteiger charge is 2.29. The van der Waals surface area contributed by atoms with Crippen molar-refractivity contribution in [3.8, 4) is 0 Å². The second-order valence-corrected chi connectivity index (χ2v) is 6.95. The Morgan fingerprint density at radius 3 is 2.62 bits per heavy atom. The van der Waals surface area contributed by atoms with E-state index in [0.29, 0.717) is 5.56 Å². The van der Waals surface area contributed by atoms with E-state index in [1.807, 2.05) is 0 Å². The summed E-state index contributed by atoms with van der Waals surface area (Å²) in [5.74, 6) is -1.33. The highest BCUT2D eigenvalue weighted by Crippen LogP contribution is 2.22. The minimum absolute atomic E-state index is 0.121. The first-order valence-electron chi connectivity index (χ1n) is 6.59. The average Bonchev–Trinajstić information content (AvgIpc) is 3.16. The van der Waals surface area contributed by atoms with E-state index in [9.17, 15) is 17.6 Å². The molecule has 1 atom stereocenters. The van der Waals surface area contributed by atoms with Gasteiger partial charge in [-0.2, -0.15) is 4.72 Å². The number of aryl methyl sites for hydroxylation is 1. The molecule has 1 saturated carbocycles. The lowest BCUT2D eigenvalue weighted by Crippen LogP contribution is -2.45. The largest absolute Gasteiger partial charge is 0.398 e. The second-order valence-electron chi connectivity index (χ2n) is 5.27. The highest BCUT2D eigenvalue weighted by molar-refractivity contribution is 7.89. The summed E-state index contributed by atoms with van der Waals surface area (Å²) >= 11 is 0. The molecule has 2 rings (SSSR count). The Kier molecular flexibility index (Phi) is 4.20. The molecular formula is C13H18FN3O3S. The molecule has 4 N–H and O–H groups in total. The first-order chi connectivity index (χ1) is 9.70. The van der Waals surface area contributed by atoms with Gasteiger partial charge in [-0.05, 0) is 44.4 Å². The first kappa shape index (κ1) is 15.7. The Balaban J connectivity index is 2.17. The molecule has 1 aliphatic carbocycles. The molecule has 1 aliphatic rings. The van der Waals surface area contributed by atoms with E-state index in [1.54, 1.807) is 6.92 Å². The minimum atomic E-state index is -4.16. The fourth-order valence-corrected chi connectivity index (χ4v) is 3.08. The Bertz CT molecular complexity index is 671. The van der Waals surface area contributed by atoms with Crippen LogP contribution in [-0.4, -0.2) is 26.4 Å². The fourth-order valence-electron chi connectivity index (χ4n) is 1.78. The van der Waals surface area contributed by atoms with Gasteiger partial charge in [0.25, 0.3) is 0 Å². The zero-order valence-electron chi connectivity index (χ0n) is 11.8. The summed E-state index contributed by atoms with van der Waals surface area (Å²) in [6.07, 6.45) is 1.79. The van der Waals surface area contributed by atoms with Gasteiger partial charge in [-0.15, -0.1) is 0 Å². The van der Waals surface area contributed by atoms with Crippen LogP contribution in [0.1, 0.15) is 25.3 Å². The third-order valence-electron chi connectivity index (χ3n) is 3.26. The summed E-state index contributed by atoms with van der Waals surface area (Å²) in [6, 6.07) is 1.24. The zero-order valence-corrected chi connectivity index (χ0v) is 12.6. The molecule has 0 saturated heterocycles. The van der Waals surface area contributed by atoms with E-state index in [1.165, 1.54) is 6.92 Å². The molecule has 0 bridgehead atoms. The molecule has 116 valence electrons. The second kappa shape index (κ2) is 5.61. The standard InChI is InChI=1S/C13H18FN3O3S/c1-7-5-10(14)12(6-11(7)15)21(19,20)17-8(2)13(18)16-9-3-4-9/h5-6,8-9,17H,3-4,15H2,1-2H3,(H,16,18). The summed E-state index contributed by atoms with van der Waals surface area (Å²) in [7, 11) is -4.16. The van der Waals surface area contributed by atoms with Gasteiger partial charge in [-0.1, -0.05) is 0 Å². The predicted octanol–water partition coefficient (Wildman–Crippen LogP) is 0.662. The van der Waals surface area contributed by atoms with Crippen LogP contribution in [0.25, 0.3) is 0 Å². The molecule has 1 aromatic rings. The Hall–Kier alpha value is -1.67. The molecule has 0 spiro atoms. The van der Waals surface area contributed by atoms with Crippen LogP contribution < -0.4 is 15.8 Å². The van der Waals surface area contributed by atoms with Crippen molar-refractivity contribution >= 4 is 21.6 Å². The Morgan fingerprint density at radius 1 is 1.43 bits per heavy atom. The Morgan fingerprint density at radius 2 is 2.05 bits per heavy atom. The van der Waals surface area contributed by atoms with Gasteiger partial charge in [0, 0.05) is 11.7 Å². The SMILES string of the molecule is Cc1cc(F)c(S(=O)(=O)NC(C)C(=O)NC2CC2)cc1N. The normalized spacial score (nSPS) is 16.5. The third kappa shape index (κ3) is 3.70. The van der Waals surface area contributed by atoms with E-state index in [4.69, 9.17) is 5.73 Å². The highest BCUT2D eigenvalue weighted by atomic mass is 32.2. The number of nitrogen functional groups attached to an aromatic ring is 1. The van der Waals surface area contributed by atoms with Gasteiger partial charge < -0.3 is 11.1 Å². The van der Waals surface area contributed by atoms with Gasteiger partial charge in [0.05, 0.1) is 6.04 Å². The van der Waals surface area contributed by atoms with Crippen molar-refractivity contribution in [2.45, 2.75) is 43.7 Å². The van der Waals surface area contributed by atoms with Crippen LogP contribution in [0.2, 0.25) is 0 Å². The molecule has 0 aliphatic heterocycles. The van der Waals surface area contributed by atoms with Gasteiger partial charge in [0.1, 0.15) is 10.7 Å². The molecule has 1 unspecified atom stereocenters. The first-order valence-corrected chi connectivity index (χ1v) is 8.07. The molecular weight excluding hydrogens is 297 g/mol. The van der Waals surface area contributed by atoms with E-state index in [2.05, 4.69) is 10.0 Å². The van der Waals surface area contributed by atoms with Crippen LogP contribution in [0.5, 0.6) is 0 Å². The summed E-state index contributed by atoms with van der Waals surface area (Å²) in [5, 5.41) is 2.68. The van der Waals surface area contributed by atoms with Crippen molar-refractivity contribution < 1.29 is 17.6 Å². The van der Waals surface area contributed by atoms with Crippen molar-refractivity contribution in [3.05, 3.63) is 23.5 Å². The molecule has 0 heterocycles. The summed E-state index contributed by atoms with van der Waals surface area (Å²) < 4.78 is 40.3. The lowest BCUT2D eigenvalue weighted by molar-refractivity contribution is -0.122. The molecule has 8 heteroatoms. The van der Waals surface area contributed by atoms with E-state index >= 15 is 0 Å². The maximum Gasteiger partial charge on any atom is 0.244 e. The van der Waals surface area contributed by atoms with Crippen LogP contribution in [0, 0.1) is 12.7 Å². The number of sulfonamides is 1. The van der Waals surface area contributed by atoms with Gasteiger partial charge in [0.2, 0.25) is 15.9 Å². The lowest BCUT2D eigenvalue weighted by atomic mass is 10.2. The van der Waals surface area contributed by atoms with Crippen molar-refractivity contribution in [1.29, 1.82) is 0 Å². The lowest BCUT2D eigenvalue weighted by Gasteiger charge is -2.15. The quantitative estimate of drug-likeness (QED) is 0.695. The molecule has 21 heavy (non-hydrogen) atoms. The number of nitrogens with one attached hydrogen (secondary N) is 2. The van der Waals surface area contributed by atoms with E-state index in [0.717, 1.165) is 25.0 Å². The van der Waals surface area contributed by atoms with Crippen molar-refractivity contribution in [1.82, 2.24) is 10.0 Å². The average molecular weight is 315 g/mol. The summed E-state index contributed by atoms with van der Waals surface area (Å²) in [4.78, 5) is 11.2. The number of amides is 1. The van der Waals surface area contributed by atoms with Crippen LogP contribution in [-0.2, 0) is 14.8 Å². The summed E-state index contributed by atoms with van der Waals surface area (Å²) in [5.41, 5.74) is 6.24. The van der Waals surface area contributed by atoms with Gasteiger partial charge in [-0.25, -0.2) is 12.8 Å². The number of carbonyl (C=O) groups excluding carboxylic acids is 1. The van der Waals surface area contributed by atoms with Gasteiger partial charge in [0.15, 0.2) is 0 Å². The third-order valence-corrected chi connectivity index (χ3v) is 4.81. The molecule has 1 amide bonds. The number of benzene rings is 1. The van der Waals surface area contributed by atoms with E-state index in [-0.39, 0.29) is 11.7 Å². The van der Waals surface area contributed by atoms with Crippen LogP contribution >= 0.6 is 0 Å². The molecule has 1 aromatic carbocycles. The topological polar surface area (TPSA) is 101 Å². The number of anilines is 1. The smallest absolute Gasteiger partial charge is 0.244 e. The van der Waals surface area contributed by atoms with Crippen molar-refractivity contribution in [2.24, 2.45) is 0 Å². The number of carbonyl (C=O) groups is 1. The number of halogens is 1. The molecule has 0 aromatic heterocycles. The molecule has 6 nitrogen and oxygen atoms in total.